The van der Waals surface area contributed by atoms with Crippen LogP contribution in [0.15, 0.2) is 46.2 Å². The predicted molar refractivity (Wildman–Crippen MR) is 81.0 cm³/mol. The van der Waals surface area contributed by atoms with Crippen molar-refractivity contribution in [2.45, 2.75) is 11.3 Å². The lowest BCUT2D eigenvalue weighted by atomic mass is 9.82. The minimum Gasteiger partial charge on any atom is -0.469 e. The van der Waals surface area contributed by atoms with Crippen LogP contribution in [0.5, 0.6) is 0 Å². The molecule has 1 aliphatic carbocycles. The molecule has 1 aromatic carbocycles. The highest BCUT2D eigenvalue weighted by Crippen LogP contribution is 2.37. The number of methoxy groups -OCH3 is 2. The molecule has 0 aliphatic heterocycles. The Morgan fingerprint density at radius 2 is 1.73 bits per heavy atom. The molecule has 0 saturated heterocycles. The number of thioether (sulfide) groups is 1. The topological polar surface area (TPSA) is 69.7 Å². The van der Waals surface area contributed by atoms with E-state index in [9.17, 15) is 14.4 Å². The van der Waals surface area contributed by atoms with Crippen molar-refractivity contribution in [1.29, 1.82) is 0 Å². The van der Waals surface area contributed by atoms with Crippen LogP contribution < -0.4 is 0 Å². The van der Waals surface area contributed by atoms with E-state index in [4.69, 9.17) is 0 Å². The third-order valence-electron chi connectivity index (χ3n) is 3.41. The first kappa shape index (κ1) is 16.3. The molecule has 6 heteroatoms. The summed E-state index contributed by atoms with van der Waals surface area (Å²) in [7, 11) is 2.44. The van der Waals surface area contributed by atoms with Crippen molar-refractivity contribution in [1.82, 2.24) is 0 Å². The number of carbonyl (C=O) groups excluding carboxylic acids is 3. The summed E-state index contributed by atoms with van der Waals surface area (Å²) in [4.78, 5) is 37.6. The predicted octanol–water partition coefficient (Wildman–Crippen LogP) is 2.21. The van der Waals surface area contributed by atoms with Crippen LogP contribution >= 0.6 is 11.8 Å². The number of carbonyl (C=O) groups is 3. The quantitative estimate of drug-likeness (QED) is 0.626. The van der Waals surface area contributed by atoms with Crippen molar-refractivity contribution in [3.63, 3.8) is 0 Å². The molecule has 22 heavy (non-hydrogen) atoms. The number of benzene rings is 1. The van der Waals surface area contributed by atoms with Gasteiger partial charge in [-0.15, -0.1) is 0 Å². The molecule has 0 fully saturated rings. The summed E-state index contributed by atoms with van der Waals surface area (Å²) >= 11 is 1.28. The van der Waals surface area contributed by atoms with E-state index in [1.807, 2.05) is 30.3 Å². The number of esters is 2. The van der Waals surface area contributed by atoms with Crippen LogP contribution in [0.25, 0.3) is 0 Å². The normalized spacial score (nSPS) is 21.0. The van der Waals surface area contributed by atoms with Crippen LogP contribution in [0.3, 0.4) is 0 Å². The maximum absolute atomic E-state index is 12.6. The Labute approximate surface area is 132 Å². The molecule has 1 aromatic rings. The van der Waals surface area contributed by atoms with E-state index in [-0.39, 0.29) is 6.42 Å². The van der Waals surface area contributed by atoms with Gasteiger partial charge in [-0.1, -0.05) is 36.0 Å². The first-order valence-corrected chi connectivity index (χ1v) is 7.53. The molecule has 0 aromatic heterocycles. The lowest BCUT2D eigenvalue weighted by Gasteiger charge is -2.26. The zero-order valence-electron chi connectivity index (χ0n) is 12.3. The van der Waals surface area contributed by atoms with E-state index in [1.54, 1.807) is 6.08 Å². The lowest BCUT2D eigenvalue weighted by Crippen LogP contribution is -2.39. The van der Waals surface area contributed by atoms with Crippen LogP contribution in [0, 0.1) is 11.8 Å². The average Bonchev–Trinajstić information content (AvgIpc) is 2.56. The Morgan fingerprint density at radius 1 is 1.09 bits per heavy atom. The van der Waals surface area contributed by atoms with Crippen LogP contribution in [0.1, 0.15) is 6.42 Å². The highest BCUT2D eigenvalue weighted by atomic mass is 32.2. The average molecular weight is 320 g/mol. The molecule has 0 spiro atoms. The smallest absolute Gasteiger partial charge is 0.317 e. The Balaban J connectivity index is 2.27. The molecular weight excluding hydrogens is 304 g/mol. The molecular formula is C16H16O5S. The highest BCUT2D eigenvalue weighted by Gasteiger charge is 2.44. The second-order valence-corrected chi connectivity index (χ2v) is 5.83. The van der Waals surface area contributed by atoms with Crippen molar-refractivity contribution in [2.75, 3.05) is 14.2 Å². The monoisotopic (exact) mass is 320 g/mol. The maximum Gasteiger partial charge on any atom is 0.317 e. The second-order valence-electron chi connectivity index (χ2n) is 4.71. The number of hydrogen-bond acceptors (Lipinski definition) is 6. The minimum atomic E-state index is -1.14. The molecule has 2 atom stereocenters. The molecule has 116 valence electrons. The first-order chi connectivity index (χ1) is 10.6. The van der Waals surface area contributed by atoms with E-state index >= 15 is 0 Å². The molecule has 2 rings (SSSR count). The number of rotatable bonds is 4. The number of allylic oxidation sites excluding steroid dienone is 2. The summed E-state index contributed by atoms with van der Waals surface area (Å²) < 4.78 is 9.36. The van der Waals surface area contributed by atoms with Gasteiger partial charge in [0.2, 0.25) is 0 Å². The number of Topliss-reactive ketones (excluding diaryl/α,β-unsaturated/α-hetero) is 1. The fraction of sp³-hybridized carbons (Fsp3) is 0.312. The van der Waals surface area contributed by atoms with Gasteiger partial charge in [0, 0.05) is 4.90 Å². The fourth-order valence-corrected chi connectivity index (χ4v) is 3.25. The van der Waals surface area contributed by atoms with Gasteiger partial charge in [0.05, 0.1) is 25.0 Å². The zero-order chi connectivity index (χ0) is 16.1. The van der Waals surface area contributed by atoms with Crippen LogP contribution in [-0.2, 0) is 23.9 Å². The van der Waals surface area contributed by atoms with Crippen LogP contribution in [0.4, 0.5) is 0 Å². The largest absolute Gasteiger partial charge is 0.469 e. The van der Waals surface area contributed by atoms with Gasteiger partial charge in [-0.25, -0.2) is 0 Å². The molecule has 0 bridgehead atoms. The molecule has 0 saturated carbocycles. The molecule has 5 nitrogen and oxygen atoms in total. The fourth-order valence-electron chi connectivity index (χ4n) is 2.30. The van der Waals surface area contributed by atoms with Crippen molar-refractivity contribution in [2.24, 2.45) is 11.8 Å². The van der Waals surface area contributed by atoms with Gasteiger partial charge in [-0.3, -0.25) is 14.4 Å². The van der Waals surface area contributed by atoms with Gasteiger partial charge in [-0.05, 0) is 18.6 Å². The number of ether oxygens (including phenoxy) is 2. The van der Waals surface area contributed by atoms with Crippen molar-refractivity contribution in [3.8, 4) is 0 Å². The standard InChI is InChI=1S/C16H16O5S/c1-20-15(18)11-8-9-12(14(17)13(11)16(19)21-2)22-10-6-4-3-5-7-10/h3-7,9,11,13H,8H2,1-2H3/t11-,13+/m1/s1. The van der Waals surface area contributed by atoms with Gasteiger partial charge in [0.15, 0.2) is 5.78 Å². The summed E-state index contributed by atoms with van der Waals surface area (Å²) in [5, 5.41) is 0. The van der Waals surface area contributed by atoms with Gasteiger partial charge in [0.25, 0.3) is 0 Å². The van der Waals surface area contributed by atoms with Gasteiger partial charge in [-0.2, -0.15) is 0 Å². The highest BCUT2D eigenvalue weighted by molar-refractivity contribution is 8.04. The molecule has 0 N–H and O–H groups in total. The SMILES string of the molecule is COC(=O)[C@@H]1C(=O)C(Sc2ccccc2)=CC[C@H]1C(=O)OC. The van der Waals surface area contributed by atoms with E-state index < -0.39 is 29.6 Å². The lowest BCUT2D eigenvalue weighted by molar-refractivity contribution is -0.160. The van der Waals surface area contributed by atoms with E-state index in [1.165, 1.54) is 26.0 Å². The van der Waals surface area contributed by atoms with Gasteiger partial charge >= 0.3 is 11.9 Å². The molecule has 0 amide bonds. The number of ketones is 1. The molecule has 1 aliphatic rings. The first-order valence-electron chi connectivity index (χ1n) is 6.71. The summed E-state index contributed by atoms with van der Waals surface area (Å²) in [6.07, 6.45) is 1.95. The Kier molecular flexibility index (Phi) is 5.38. The van der Waals surface area contributed by atoms with Gasteiger partial charge in [0.1, 0.15) is 5.92 Å². The second kappa shape index (κ2) is 7.26. The summed E-state index contributed by atoms with van der Waals surface area (Å²) in [5.41, 5.74) is 0. The van der Waals surface area contributed by atoms with Gasteiger partial charge < -0.3 is 9.47 Å². The summed E-state index contributed by atoms with van der Waals surface area (Å²) in [6, 6.07) is 9.36. The third kappa shape index (κ3) is 3.39. The van der Waals surface area contributed by atoms with Crippen LogP contribution in [0.2, 0.25) is 0 Å². The third-order valence-corrected chi connectivity index (χ3v) is 4.51. The van der Waals surface area contributed by atoms with Crippen molar-refractivity contribution >= 4 is 29.5 Å². The van der Waals surface area contributed by atoms with Crippen molar-refractivity contribution in [3.05, 3.63) is 41.3 Å². The number of hydrogen-bond donors (Lipinski definition) is 0. The molecule has 0 radical (unpaired) electrons. The Morgan fingerprint density at radius 3 is 2.32 bits per heavy atom. The maximum atomic E-state index is 12.6. The molecule has 0 heterocycles. The molecule has 0 unspecified atom stereocenters. The Hall–Kier alpha value is -2.08. The van der Waals surface area contributed by atoms with Crippen LogP contribution in [-0.4, -0.2) is 31.9 Å². The van der Waals surface area contributed by atoms with Crippen molar-refractivity contribution < 1.29 is 23.9 Å². The summed E-state index contributed by atoms with van der Waals surface area (Å²) in [5.74, 6) is -3.66. The van der Waals surface area contributed by atoms with E-state index in [0.29, 0.717) is 4.91 Å². The minimum absolute atomic E-state index is 0.271. The van der Waals surface area contributed by atoms with E-state index in [0.717, 1.165) is 4.90 Å². The Bertz CT molecular complexity index is 608. The summed E-state index contributed by atoms with van der Waals surface area (Å²) in [6.45, 7) is 0. The van der Waals surface area contributed by atoms with E-state index in [2.05, 4.69) is 9.47 Å². The zero-order valence-corrected chi connectivity index (χ0v) is 13.1.